The van der Waals surface area contributed by atoms with Gasteiger partial charge in [-0.05, 0) is 41.7 Å². The minimum Gasteiger partial charge on any atom is -0.493 e. The molecular weight excluding hydrogens is 404 g/mol. The Balaban J connectivity index is 1.85. The smallest absolute Gasteiger partial charge is 0.193 e. The summed E-state index contributed by atoms with van der Waals surface area (Å²) in [4.78, 5) is 7.14. The Morgan fingerprint density at radius 2 is 1.72 bits per heavy atom. The average molecular weight is 441 g/mol. The van der Waals surface area contributed by atoms with Crippen molar-refractivity contribution in [1.29, 1.82) is 0 Å². The molecule has 1 unspecified atom stereocenters. The summed E-state index contributed by atoms with van der Waals surface area (Å²) in [6, 6.07) is 12.5. The van der Waals surface area contributed by atoms with Gasteiger partial charge in [-0.1, -0.05) is 38.1 Å². The second-order valence-electron chi connectivity index (χ2n) is 7.79. The van der Waals surface area contributed by atoms with Crippen molar-refractivity contribution in [2.45, 2.75) is 32.7 Å². The quantitative estimate of drug-likeness (QED) is 0.458. The van der Waals surface area contributed by atoms with Crippen molar-refractivity contribution in [1.82, 2.24) is 4.90 Å². The number of morpholine rings is 1. The third-order valence-corrected chi connectivity index (χ3v) is 5.97. The number of rotatable bonds is 9. The number of nitrogens with zero attached hydrogens (tertiary/aromatic N) is 2. The molecule has 1 fully saturated rings. The van der Waals surface area contributed by atoms with Crippen LogP contribution in [0.1, 0.15) is 36.6 Å². The van der Waals surface area contributed by atoms with Crippen LogP contribution in [0.2, 0.25) is 0 Å². The highest BCUT2D eigenvalue weighted by molar-refractivity contribution is 5.93. The molecule has 0 spiro atoms. The SMILES string of the molecule is CCc1cccc(CC)c1NC(N)=NCC(c1ccc(OC)c(OC)c1)N1CCOCC1. The van der Waals surface area contributed by atoms with Gasteiger partial charge in [0, 0.05) is 18.8 Å². The van der Waals surface area contributed by atoms with E-state index in [1.54, 1.807) is 14.2 Å². The van der Waals surface area contributed by atoms with Crippen molar-refractivity contribution in [3.8, 4) is 11.5 Å². The Bertz CT molecular complexity index is 888. The van der Waals surface area contributed by atoms with Crippen LogP contribution in [0.25, 0.3) is 0 Å². The van der Waals surface area contributed by atoms with Crippen LogP contribution in [0.15, 0.2) is 41.4 Å². The van der Waals surface area contributed by atoms with Crippen LogP contribution in [-0.4, -0.2) is 57.9 Å². The van der Waals surface area contributed by atoms with E-state index in [0.717, 1.165) is 37.2 Å². The lowest BCUT2D eigenvalue weighted by atomic mass is 10.0. The van der Waals surface area contributed by atoms with Crippen molar-refractivity contribution >= 4 is 11.6 Å². The lowest BCUT2D eigenvalue weighted by molar-refractivity contribution is 0.0179. The van der Waals surface area contributed by atoms with E-state index in [1.807, 2.05) is 12.1 Å². The zero-order valence-corrected chi connectivity index (χ0v) is 19.7. The number of hydrogen-bond donors (Lipinski definition) is 2. The van der Waals surface area contributed by atoms with Crippen molar-refractivity contribution < 1.29 is 14.2 Å². The molecule has 1 heterocycles. The molecule has 174 valence electrons. The molecule has 0 bridgehead atoms. The minimum absolute atomic E-state index is 0.0612. The van der Waals surface area contributed by atoms with Gasteiger partial charge in [-0.2, -0.15) is 0 Å². The molecule has 0 aromatic heterocycles. The zero-order chi connectivity index (χ0) is 22.9. The van der Waals surface area contributed by atoms with Crippen LogP contribution < -0.4 is 20.5 Å². The molecule has 7 heteroatoms. The van der Waals surface area contributed by atoms with Gasteiger partial charge in [-0.25, -0.2) is 0 Å². The number of benzene rings is 2. The van der Waals surface area contributed by atoms with Crippen molar-refractivity contribution in [2.75, 3.05) is 52.4 Å². The molecule has 7 nitrogen and oxygen atoms in total. The molecule has 0 radical (unpaired) electrons. The van der Waals surface area contributed by atoms with Crippen LogP contribution in [0.3, 0.4) is 0 Å². The number of hydrogen-bond acceptors (Lipinski definition) is 5. The Morgan fingerprint density at radius 1 is 1.06 bits per heavy atom. The van der Waals surface area contributed by atoms with Crippen LogP contribution in [0.5, 0.6) is 11.5 Å². The maximum absolute atomic E-state index is 6.36. The first kappa shape index (κ1) is 23.9. The molecule has 2 aromatic carbocycles. The fourth-order valence-electron chi connectivity index (χ4n) is 4.14. The van der Waals surface area contributed by atoms with Gasteiger partial charge in [0.05, 0.1) is 40.0 Å². The number of ether oxygens (including phenoxy) is 3. The molecule has 1 saturated heterocycles. The molecular formula is C25H36N4O3. The molecule has 0 amide bonds. The normalized spacial score (nSPS) is 15.9. The molecule has 0 aliphatic carbocycles. The van der Waals surface area contributed by atoms with Crippen molar-refractivity contribution in [3.05, 3.63) is 53.1 Å². The number of para-hydroxylation sites is 1. The van der Waals surface area contributed by atoms with Gasteiger partial charge in [0.15, 0.2) is 17.5 Å². The summed E-state index contributed by atoms with van der Waals surface area (Å²) in [6.45, 7) is 7.96. The Kier molecular flexibility index (Phi) is 8.76. The van der Waals surface area contributed by atoms with E-state index in [2.05, 4.69) is 48.3 Å². The van der Waals surface area contributed by atoms with Crippen LogP contribution >= 0.6 is 0 Å². The molecule has 3 rings (SSSR count). The summed E-state index contributed by atoms with van der Waals surface area (Å²) in [7, 11) is 3.30. The second-order valence-corrected chi connectivity index (χ2v) is 7.79. The fourth-order valence-corrected chi connectivity index (χ4v) is 4.14. The monoisotopic (exact) mass is 440 g/mol. The molecule has 0 saturated carbocycles. The number of nitrogens with two attached hydrogens (primary N) is 1. The van der Waals surface area contributed by atoms with E-state index in [0.29, 0.717) is 37.2 Å². The van der Waals surface area contributed by atoms with Crippen molar-refractivity contribution in [3.63, 3.8) is 0 Å². The standard InChI is InChI=1S/C25H36N4O3/c1-5-18-8-7-9-19(6-2)24(18)28-25(26)27-17-21(29-12-14-32-15-13-29)20-10-11-22(30-3)23(16-20)31-4/h7-11,16,21H,5-6,12-15,17H2,1-4H3,(H3,26,27,28). The summed E-state index contributed by atoms with van der Waals surface area (Å²) in [5.41, 5.74) is 11.0. The number of aryl methyl sites for hydroxylation is 2. The molecule has 1 aliphatic heterocycles. The number of methoxy groups -OCH3 is 2. The summed E-state index contributed by atoms with van der Waals surface area (Å²) < 4.78 is 16.5. The third kappa shape index (κ3) is 5.72. The summed E-state index contributed by atoms with van der Waals surface area (Å²) in [5, 5.41) is 3.37. The molecule has 2 aromatic rings. The lowest BCUT2D eigenvalue weighted by Crippen LogP contribution is -2.40. The van der Waals surface area contributed by atoms with E-state index < -0.39 is 0 Å². The van der Waals surface area contributed by atoms with E-state index in [1.165, 1.54) is 11.1 Å². The number of aliphatic imine (C=N–C) groups is 1. The minimum atomic E-state index is 0.0612. The maximum Gasteiger partial charge on any atom is 0.193 e. The van der Waals surface area contributed by atoms with E-state index in [4.69, 9.17) is 24.9 Å². The summed E-state index contributed by atoms with van der Waals surface area (Å²) in [6.07, 6.45) is 1.87. The molecule has 1 aliphatic rings. The predicted octanol–water partition coefficient (Wildman–Crippen LogP) is 3.63. The summed E-state index contributed by atoms with van der Waals surface area (Å²) >= 11 is 0. The van der Waals surface area contributed by atoms with E-state index >= 15 is 0 Å². The molecule has 32 heavy (non-hydrogen) atoms. The Labute approximate surface area is 191 Å². The first-order valence-corrected chi connectivity index (χ1v) is 11.3. The first-order valence-electron chi connectivity index (χ1n) is 11.3. The van der Waals surface area contributed by atoms with Gasteiger partial charge < -0.3 is 25.3 Å². The largest absolute Gasteiger partial charge is 0.493 e. The summed E-state index contributed by atoms with van der Waals surface area (Å²) in [5.74, 6) is 1.85. The van der Waals surface area contributed by atoms with Gasteiger partial charge in [-0.15, -0.1) is 0 Å². The van der Waals surface area contributed by atoms with E-state index in [9.17, 15) is 0 Å². The van der Waals surface area contributed by atoms with Crippen LogP contribution in [0.4, 0.5) is 5.69 Å². The van der Waals surface area contributed by atoms with Crippen LogP contribution in [-0.2, 0) is 17.6 Å². The fraction of sp³-hybridized carbons (Fsp3) is 0.480. The predicted molar refractivity (Wildman–Crippen MR) is 130 cm³/mol. The highest BCUT2D eigenvalue weighted by Gasteiger charge is 2.24. The average Bonchev–Trinajstić information content (AvgIpc) is 2.84. The van der Waals surface area contributed by atoms with E-state index in [-0.39, 0.29) is 6.04 Å². The van der Waals surface area contributed by atoms with Gasteiger partial charge >= 0.3 is 0 Å². The topological polar surface area (TPSA) is 81.3 Å². The molecule has 1 atom stereocenters. The van der Waals surface area contributed by atoms with Crippen molar-refractivity contribution in [2.24, 2.45) is 10.7 Å². The lowest BCUT2D eigenvalue weighted by Gasteiger charge is -2.34. The maximum atomic E-state index is 6.36. The molecule has 3 N–H and O–H groups in total. The zero-order valence-electron chi connectivity index (χ0n) is 19.7. The number of nitrogens with one attached hydrogen (secondary N) is 1. The highest BCUT2D eigenvalue weighted by atomic mass is 16.5. The van der Waals surface area contributed by atoms with Gasteiger partial charge in [-0.3, -0.25) is 9.89 Å². The van der Waals surface area contributed by atoms with Crippen LogP contribution in [0, 0.1) is 0 Å². The number of guanidine groups is 1. The third-order valence-electron chi connectivity index (χ3n) is 5.97. The highest BCUT2D eigenvalue weighted by Crippen LogP contribution is 2.32. The Morgan fingerprint density at radius 3 is 2.31 bits per heavy atom. The second kappa shape index (κ2) is 11.7. The van der Waals surface area contributed by atoms with Gasteiger partial charge in [0.25, 0.3) is 0 Å². The number of anilines is 1. The first-order chi connectivity index (χ1) is 15.6. The van der Waals surface area contributed by atoms with Gasteiger partial charge in [0.1, 0.15) is 0 Å². The van der Waals surface area contributed by atoms with Gasteiger partial charge in [0.2, 0.25) is 0 Å². The Hall–Kier alpha value is -2.77.